The number of benzene rings is 3. The van der Waals surface area contributed by atoms with Crippen LogP contribution >= 0.6 is 0 Å². The van der Waals surface area contributed by atoms with Crippen molar-refractivity contribution < 1.29 is 9.13 Å². The van der Waals surface area contributed by atoms with Gasteiger partial charge < -0.3 is 15.4 Å². The van der Waals surface area contributed by atoms with E-state index in [1.54, 1.807) is 19.2 Å². The molecule has 164 valence electrons. The standard InChI is InChI=1S/C27H28FN3O/c1-18-8-12-25(27(31-18)20-6-4-3-5-7-20)30-17-22-15-21(10-13-26(22)32-2)23-11-9-19(16-29)14-24(23)28/h3-7,9-11,13-15,18,25,27,30-31H,8,12,17H2,1-2H3/t18-,25-,27-/m0/s1. The summed E-state index contributed by atoms with van der Waals surface area (Å²) in [6, 6.07) is 23.7. The predicted molar refractivity (Wildman–Crippen MR) is 125 cm³/mol. The van der Waals surface area contributed by atoms with Gasteiger partial charge in [0.15, 0.2) is 0 Å². The number of hydrogen-bond donors (Lipinski definition) is 2. The number of nitriles is 1. The van der Waals surface area contributed by atoms with Gasteiger partial charge in [0, 0.05) is 35.8 Å². The molecule has 0 amide bonds. The van der Waals surface area contributed by atoms with Gasteiger partial charge in [-0.05, 0) is 55.2 Å². The lowest BCUT2D eigenvalue weighted by atomic mass is 9.89. The molecular formula is C27H28FN3O. The molecule has 1 heterocycles. The number of methoxy groups -OCH3 is 1. The van der Waals surface area contributed by atoms with Crippen LogP contribution in [-0.2, 0) is 6.54 Å². The fourth-order valence-electron chi connectivity index (χ4n) is 4.46. The first kappa shape index (κ1) is 22.0. The van der Waals surface area contributed by atoms with Crippen LogP contribution in [0.4, 0.5) is 4.39 Å². The SMILES string of the molecule is COc1ccc(-c2ccc(C#N)cc2F)cc1CN[C@H]1CC[C@H](C)N[C@H]1c1ccccc1. The number of piperidine rings is 1. The first-order valence-corrected chi connectivity index (χ1v) is 11.0. The van der Waals surface area contributed by atoms with Crippen molar-refractivity contribution in [3.8, 4) is 22.9 Å². The summed E-state index contributed by atoms with van der Waals surface area (Å²) in [7, 11) is 1.65. The maximum atomic E-state index is 14.6. The number of nitrogens with one attached hydrogen (secondary N) is 2. The van der Waals surface area contributed by atoms with Crippen LogP contribution in [0.2, 0.25) is 0 Å². The minimum atomic E-state index is -0.400. The Balaban J connectivity index is 1.57. The van der Waals surface area contributed by atoms with Crippen LogP contribution < -0.4 is 15.4 Å². The average molecular weight is 430 g/mol. The molecule has 2 N–H and O–H groups in total. The zero-order valence-electron chi connectivity index (χ0n) is 18.4. The Hall–Kier alpha value is -3.20. The van der Waals surface area contributed by atoms with Gasteiger partial charge in [-0.3, -0.25) is 0 Å². The van der Waals surface area contributed by atoms with Gasteiger partial charge in [-0.1, -0.05) is 42.5 Å². The molecule has 1 fully saturated rings. The molecule has 4 nitrogen and oxygen atoms in total. The van der Waals surface area contributed by atoms with E-state index in [0.29, 0.717) is 23.7 Å². The second-order valence-electron chi connectivity index (χ2n) is 8.35. The van der Waals surface area contributed by atoms with Crippen molar-refractivity contribution in [2.75, 3.05) is 7.11 Å². The van der Waals surface area contributed by atoms with E-state index < -0.39 is 5.82 Å². The van der Waals surface area contributed by atoms with Gasteiger partial charge in [0.25, 0.3) is 0 Å². The lowest BCUT2D eigenvalue weighted by Gasteiger charge is -2.37. The highest BCUT2D eigenvalue weighted by atomic mass is 19.1. The van der Waals surface area contributed by atoms with Crippen LogP contribution in [0, 0.1) is 17.1 Å². The van der Waals surface area contributed by atoms with Gasteiger partial charge in [-0.25, -0.2) is 4.39 Å². The van der Waals surface area contributed by atoms with E-state index in [9.17, 15) is 4.39 Å². The summed E-state index contributed by atoms with van der Waals surface area (Å²) in [5.41, 5.74) is 3.80. The Bertz CT molecular complexity index is 1110. The van der Waals surface area contributed by atoms with Gasteiger partial charge in [-0.15, -0.1) is 0 Å². The second-order valence-corrected chi connectivity index (χ2v) is 8.35. The van der Waals surface area contributed by atoms with E-state index in [1.165, 1.54) is 11.6 Å². The summed E-state index contributed by atoms with van der Waals surface area (Å²) in [4.78, 5) is 0. The van der Waals surface area contributed by atoms with Gasteiger partial charge in [-0.2, -0.15) is 5.26 Å². The molecule has 32 heavy (non-hydrogen) atoms. The topological polar surface area (TPSA) is 57.1 Å². The number of nitrogens with zero attached hydrogens (tertiary/aromatic N) is 1. The van der Waals surface area contributed by atoms with E-state index in [2.05, 4.69) is 41.8 Å². The Morgan fingerprint density at radius 1 is 1.09 bits per heavy atom. The highest BCUT2D eigenvalue weighted by Gasteiger charge is 2.29. The van der Waals surface area contributed by atoms with Crippen molar-refractivity contribution in [1.82, 2.24) is 10.6 Å². The first-order chi connectivity index (χ1) is 15.6. The predicted octanol–water partition coefficient (Wildman–Crippen LogP) is 5.34. The van der Waals surface area contributed by atoms with Crippen molar-refractivity contribution in [1.29, 1.82) is 5.26 Å². The minimum absolute atomic E-state index is 0.227. The van der Waals surface area contributed by atoms with Crippen LogP contribution in [0.25, 0.3) is 11.1 Å². The first-order valence-electron chi connectivity index (χ1n) is 11.0. The molecule has 0 aliphatic carbocycles. The van der Waals surface area contributed by atoms with Gasteiger partial charge in [0.1, 0.15) is 11.6 Å². The van der Waals surface area contributed by atoms with Gasteiger partial charge in [0.2, 0.25) is 0 Å². The minimum Gasteiger partial charge on any atom is -0.496 e. The molecule has 0 unspecified atom stereocenters. The monoisotopic (exact) mass is 429 g/mol. The summed E-state index contributed by atoms with van der Waals surface area (Å²) in [5, 5.41) is 16.5. The molecule has 5 heteroatoms. The fraction of sp³-hybridized carbons (Fsp3) is 0.296. The van der Waals surface area contributed by atoms with Crippen LogP contribution in [0.15, 0.2) is 66.7 Å². The van der Waals surface area contributed by atoms with E-state index in [4.69, 9.17) is 10.00 Å². The highest BCUT2D eigenvalue weighted by Crippen LogP contribution is 2.31. The molecule has 4 rings (SSSR count). The average Bonchev–Trinajstić information content (AvgIpc) is 2.83. The quantitative estimate of drug-likeness (QED) is 0.555. The Kier molecular flexibility index (Phi) is 6.84. The fourth-order valence-corrected chi connectivity index (χ4v) is 4.46. The van der Waals surface area contributed by atoms with Crippen LogP contribution in [-0.4, -0.2) is 19.2 Å². The smallest absolute Gasteiger partial charge is 0.132 e. The third-order valence-electron chi connectivity index (χ3n) is 6.18. The Morgan fingerprint density at radius 2 is 1.91 bits per heavy atom. The third-order valence-corrected chi connectivity index (χ3v) is 6.18. The molecule has 0 saturated carbocycles. The maximum absolute atomic E-state index is 14.6. The Morgan fingerprint density at radius 3 is 2.62 bits per heavy atom. The summed E-state index contributed by atoms with van der Waals surface area (Å²) in [5.74, 6) is 0.367. The molecule has 3 aromatic carbocycles. The van der Waals surface area contributed by atoms with E-state index >= 15 is 0 Å². The molecule has 1 aliphatic heterocycles. The molecular weight excluding hydrogens is 401 g/mol. The van der Waals surface area contributed by atoms with E-state index in [1.807, 2.05) is 30.3 Å². The maximum Gasteiger partial charge on any atom is 0.132 e. The molecule has 0 spiro atoms. The van der Waals surface area contributed by atoms with Crippen LogP contribution in [0.3, 0.4) is 0 Å². The second kappa shape index (κ2) is 9.95. The highest BCUT2D eigenvalue weighted by molar-refractivity contribution is 5.67. The largest absolute Gasteiger partial charge is 0.496 e. The number of ether oxygens (including phenoxy) is 1. The lowest BCUT2D eigenvalue weighted by molar-refractivity contribution is 0.260. The van der Waals surface area contributed by atoms with Crippen LogP contribution in [0.5, 0.6) is 5.75 Å². The summed E-state index contributed by atoms with van der Waals surface area (Å²) in [6.45, 7) is 2.84. The molecule has 0 radical (unpaired) electrons. The van der Waals surface area contributed by atoms with Crippen molar-refractivity contribution >= 4 is 0 Å². The molecule has 0 bridgehead atoms. The Labute approximate surface area is 189 Å². The molecule has 3 aromatic rings. The molecule has 3 atom stereocenters. The van der Waals surface area contributed by atoms with Crippen molar-refractivity contribution in [2.45, 2.75) is 44.4 Å². The molecule has 1 saturated heterocycles. The van der Waals surface area contributed by atoms with Crippen molar-refractivity contribution in [3.05, 3.63) is 89.2 Å². The van der Waals surface area contributed by atoms with E-state index in [0.717, 1.165) is 29.7 Å². The third kappa shape index (κ3) is 4.83. The summed E-state index contributed by atoms with van der Waals surface area (Å²) < 4.78 is 20.2. The zero-order chi connectivity index (χ0) is 22.5. The van der Waals surface area contributed by atoms with Crippen molar-refractivity contribution in [3.63, 3.8) is 0 Å². The number of hydrogen-bond acceptors (Lipinski definition) is 4. The van der Waals surface area contributed by atoms with E-state index in [-0.39, 0.29) is 12.1 Å². The van der Waals surface area contributed by atoms with Crippen LogP contribution in [0.1, 0.15) is 42.5 Å². The number of rotatable bonds is 6. The summed E-state index contributed by atoms with van der Waals surface area (Å²) in [6.07, 6.45) is 2.18. The van der Waals surface area contributed by atoms with Gasteiger partial charge >= 0.3 is 0 Å². The zero-order valence-corrected chi connectivity index (χ0v) is 18.4. The normalized spacial score (nSPS) is 20.5. The molecule has 1 aliphatic rings. The molecule has 0 aromatic heterocycles. The summed E-state index contributed by atoms with van der Waals surface area (Å²) >= 11 is 0. The number of halogens is 1. The van der Waals surface area contributed by atoms with Crippen molar-refractivity contribution in [2.24, 2.45) is 0 Å². The lowest BCUT2D eigenvalue weighted by Crippen LogP contribution is -2.49. The van der Waals surface area contributed by atoms with Gasteiger partial charge in [0.05, 0.1) is 18.7 Å².